The van der Waals surface area contributed by atoms with Crippen molar-refractivity contribution in [3.8, 4) is 5.69 Å². The van der Waals surface area contributed by atoms with Gasteiger partial charge in [-0.1, -0.05) is 30.3 Å². The highest BCUT2D eigenvalue weighted by molar-refractivity contribution is 6.11. The van der Waals surface area contributed by atoms with Crippen molar-refractivity contribution in [3.05, 3.63) is 72.3 Å². The molecule has 0 atom stereocenters. The first-order valence-corrected chi connectivity index (χ1v) is 11.4. The summed E-state index contributed by atoms with van der Waals surface area (Å²) in [6.45, 7) is 5.02. The molecule has 3 aromatic carbocycles. The molecule has 0 amide bonds. The summed E-state index contributed by atoms with van der Waals surface area (Å²) >= 11 is 0. The molecule has 0 saturated heterocycles. The molecule has 6 rings (SSSR count). The van der Waals surface area contributed by atoms with Gasteiger partial charge in [0.05, 0.1) is 17.6 Å². The first kappa shape index (κ1) is 20.2. The lowest BCUT2D eigenvalue weighted by atomic mass is 10.1. The van der Waals surface area contributed by atoms with E-state index in [0.29, 0.717) is 16.7 Å². The summed E-state index contributed by atoms with van der Waals surface area (Å²) in [7, 11) is 0. The fraction of sp³-hybridized carbons (Fsp3) is 0.148. The van der Waals surface area contributed by atoms with Gasteiger partial charge in [-0.25, -0.2) is 14.8 Å². The van der Waals surface area contributed by atoms with Gasteiger partial charge in [0.25, 0.3) is 0 Å². The van der Waals surface area contributed by atoms with Gasteiger partial charge in [-0.05, 0) is 50.2 Å². The summed E-state index contributed by atoms with van der Waals surface area (Å²) in [5.74, 6) is -0.237. The van der Waals surface area contributed by atoms with Gasteiger partial charge < -0.3 is 15.0 Å². The van der Waals surface area contributed by atoms with Crippen LogP contribution in [0.4, 0.5) is 5.82 Å². The highest BCUT2D eigenvalue weighted by Crippen LogP contribution is 2.35. The first-order valence-electron chi connectivity index (χ1n) is 11.4. The second kappa shape index (κ2) is 7.59. The quantitative estimate of drug-likeness (QED) is 0.361. The molecule has 6 aromatic rings. The Kier molecular flexibility index (Phi) is 4.52. The van der Waals surface area contributed by atoms with Crippen LogP contribution in [0.3, 0.4) is 0 Å². The molecule has 168 valence electrons. The molecule has 0 unspecified atom stereocenters. The predicted octanol–water partition coefficient (Wildman–Crippen LogP) is 5.46. The van der Waals surface area contributed by atoms with E-state index in [9.17, 15) is 4.79 Å². The molecular formula is C27H23N5O2. The van der Waals surface area contributed by atoms with E-state index in [1.165, 1.54) is 10.9 Å². The maximum atomic E-state index is 12.9. The molecule has 0 radical (unpaired) electrons. The maximum Gasteiger partial charge on any atom is 0.344 e. The van der Waals surface area contributed by atoms with Crippen molar-refractivity contribution in [2.24, 2.45) is 0 Å². The third-order valence-corrected chi connectivity index (χ3v) is 6.31. The summed E-state index contributed by atoms with van der Waals surface area (Å²) in [5, 5.41) is 2.28. The number of ether oxygens (including phenoxy) is 1. The number of nitrogen functional groups attached to an aromatic ring is 1. The zero-order valence-corrected chi connectivity index (χ0v) is 18.9. The third kappa shape index (κ3) is 2.80. The Morgan fingerprint density at radius 2 is 1.62 bits per heavy atom. The Morgan fingerprint density at radius 1 is 0.912 bits per heavy atom. The Bertz CT molecular complexity index is 1750. The summed E-state index contributed by atoms with van der Waals surface area (Å²) in [6, 6.07) is 22.1. The third-order valence-electron chi connectivity index (χ3n) is 6.31. The fourth-order valence-electron chi connectivity index (χ4n) is 4.85. The second-order valence-corrected chi connectivity index (χ2v) is 8.16. The van der Waals surface area contributed by atoms with Gasteiger partial charge in [0, 0.05) is 34.0 Å². The van der Waals surface area contributed by atoms with Crippen molar-refractivity contribution < 1.29 is 9.53 Å². The van der Waals surface area contributed by atoms with Crippen LogP contribution in [0, 0.1) is 0 Å². The van der Waals surface area contributed by atoms with Crippen molar-refractivity contribution >= 4 is 55.8 Å². The molecule has 0 aliphatic carbocycles. The molecule has 0 saturated carbocycles. The van der Waals surface area contributed by atoms with Crippen LogP contribution in [-0.4, -0.2) is 31.7 Å². The first-order chi connectivity index (χ1) is 16.6. The summed E-state index contributed by atoms with van der Waals surface area (Å²) in [4.78, 5) is 22.5. The molecule has 0 spiro atoms. The number of esters is 1. The number of aryl methyl sites for hydroxylation is 1. The van der Waals surface area contributed by atoms with Crippen LogP contribution in [0.5, 0.6) is 0 Å². The Labute approximate surface area is 195 Å². The highest BCUT2D eigenvalue weighted by Gasteiger charge is 2.26. The second-order valence-electron chi connectivity index (χ2n) is 8.16. The molecule has 0 aliphatic heterocycles. The van der Waals surface area contributed by atoms with Crippen LogP contribution in [0.15, 0.2) is 66.7 Å². The van der Waals surface area contributed by atoms with Crippen molar-refractivity contribution in [2.45, 2.75) is 20.4 Å². The average Bonchev–Trinajstić information content (AvgIpc) is 3.32. The zero-order chi connectivity index (χ0) is 23.4. The molecule has 0 fully saturated rings. The minimum atomic E-state index is -0.503. The topological polar surface area (TPSA) is 88.0 Å². The van der Waals surface area contributed by atoms with Crippen molar-refractivity contribution in [1.29, 1.82) is 0 Å². The average molecular weight is 450 g/mol. The number of carbonyl (C=O) groups excluding carboxylic acids is 1. The Morgan fingerprint density at radius 3 is 2.38 bits per heavy atom. The molecule has 3 aromatic heterocycles. The van der Waals surface area contributed by atoms with E-state index in [0.717, 1.165) is 28.7 Å². The van der Waals surface area contributed by atoms with Crippen molar-refractivity contribution in [3.63, 3.8) is 0 Å². The van der Waals surface area contributed by atoms with Crippen LogP contribution in [-0.2, 0) is 11.3 Å². The number of nitrogens with zero attached hydrogens (tertiary/aromatic N) is 4. The SMILES string of the molecule is CCOC(=O)c1c(N)n(-c2ccc3c(c2)c2ccccc2n3CC)c2nc3ccccc3nc12. The number of hydrogen-bond donors (Lipinski definition) is 1. The van der Waals surface area contributed by atoms with E-state index in [4.69, 9.17) is 20.4 Å². The van der Waals surface area contributed by atoms with Gasteiger partial charge in [-0.3, -0.25) is 4.57 Å². The molecule has 0 aliphatic rings. The summed E-state index contributed by atoms with van der Waals surface area (Å²) in [6.07, 6.45) is 0. The van der Waals surface area contributed by atoms with Crippen LogP contribution in [0.1, 0.15) is 24.2 Å². The molecular weight excluding hydrogens is 426 g/mol. The van der Waals surface area contributed by atoms with Crippen LogP contribution >= 0.6 is 0 Å². The van der Waals surface area contributed by atoms with E-state index in [2.05, 4.69) is 41.8 Å². The Hall–Kier alpha value is -4.39. The van der Waals surface area contributed by atoms with E-state index < -0.39 is 5.97 Å². The van der Waals surface area contributed by atoms with Gasteiger partial charge >= 0.3 is 5.97 Å². The number of rotatable bonds is 4. The van der Waals surface area contributed by atoms with Crippen LogP contribution < -0.4 is 5.73 Å². The lowest BCUT2D eigenvalue weighted by molar-refractivity contribution is 0.0529. The lowest BCUT2D eigenvalue weighted by Crippen LogP contribution is -2.09. The number of aromatic nitrogens is 4. The number of para-hydroxylation sites is 3. The van der Waals surface area contributed by atoms with E-state index in [1.807, 2.05) is 36.4 Å². The van der Waals surface area contributed by atoms with Gasteiger partial charge in [0.2, 0.25) is 0 Å². The fourth-order valence-corrected chi connectivity index (χ4v) is 4.85. The highest BCUT2D eigenvalue weighted by atomic mass is 16.5. The number of anilines is 1. The van der Waals surface area contributed by atoms with Gasteiger partial charge in [0.1, 0.15) is 16.9 Å². The van der Waals surface area contributed by atoms with E-state index >= 15 is 0 Å². The normalized spacial score (nSPS) is 11.7. The molecule has 34 heavy (non-hydrogen) atoms. The van der Waals surface area contributed by atoms with Gasteiger partial charge in [-0.15, -0.1) is 0 Å². The minimum Gasteiger partial charge on any atom is -0.462 e. The molecule has 3 heterocycles. The molecule has 7 heteroatoms. The van der Waals surface area contributed by atoms with E-state index in [-0.39, 0.29) is 18.0 Å². The lowest BCUT2D eigenvalue weighted by Gasteiger charge is -2.09. The van der Waals surface area contributed by atoms with Gasteiger partial charge in [-0.2, -0.15) is 0 Å². The van der Waals surface area contributed by atoms with Crippen molar-refractivity contribution in [2.75, 3.05) is 12.3 Å². The van der Waals surface area contributed by atoms with Crippen LogP contribution in [0.2, 0.25) is 0 Å². The predicted molar refractivity (Wildman–Crippen MR) is 135 cm³/mol. The number of nitrogens with two attached hydrogens (primary N) is 1. The van der Waals surface area contributed by atoms with Crippen molar-refractivity contribution in [1.82, 2.24) is 19.1 Å². The summed E-state index contributed by atoms with van der Waals surface area (Å²) < 4.78 is 9.42. The minimum absolute atomic E-state index is 0.242. The molecule has 7 nitrogen and oxygen atoms in total. The standard InChI is InChI=1S/C27H23N5O2/c1-3-31-21-12-8-5-9-17(21)18-15-16(13-14-22(18)31)32-25(28)23(27(33)34-4-2)24-26(32)30-20-11-7-6-10-19(20)29-24/h5-15H,3-4,28H2,1-2H3. The molecule has 2 N–H and O–H groups in total. The van der Waals surface area contributed by atoms with Crippen LogP contribution in [0.25, 0.3) is 49.7 Å². The van der Waals surface area contributed by atoms with Gasteiger partial charge in [0.15, 0.2) is 5.65 Å². The monoisotopic (exact) mass is 449 g/mol. The maximum absolute atomic E-state index is 12.9. The van der Waals surface area contributed by atoms with E-state index in [1.54, 1.807) is 11.5 Å². The number of fused-ring (bicyclic) bond motifs is 5. The smallest absolute Gasteiger partial charge is 0.344 e. The largest absolute Gasteiger partial charge is 0.462 e. The zero-order valence-electron chi connectivity index (χ0n) is 18.9. The Balaban J connectivity index is 1.70. The number of benzene rings is 3. The number of hydrogen-bond acceptors (Lipinski definition) is 5. The number of carbonyl (C=O) groups is 1. The molecule has 0 bridgehead atoms. The summed E-state index contributed by atoms with van der Waals surface area (Å²) in [5.41, 5.74) is 12.4.